The number of ketones is 2. The van der Waals surface area contributed by atoms with Crippen molar-refractivity contribution in [2.45, 2.75) is 59.3 Å². The lowest BCUT2D eigenvalue weighted by Crippen LogP contribution is -2.45. The second-order valence-corrected chi connectivity index (χ2v) is 10.8. The zero-order valence-electron chi connectivity index (χ0n) is 16.4. The van der Waals surface area contributed by atoms with E-state index in [1.807, 2.05) is 24.3 Å². The number of allylic oxidation sites excluding steroid dienone is 2. The fourth-order valence-corrected chi connectivity index (χ4v) is 5.31. The lowest BCUT2D eigenvalue weighted by molar-refractivity contribution is -0.124. The molecule has 1 aliphatic heterocycles. The second kappa shape index (κ2) is 6.23. The van der Waals surface area contributed by atoms with Gasteiger partial charge in [0, 0.05) is 40.2 Å². The lowest BCUT2D eigenvalue weighted by Gasteiger charge is -2.44. The van der Waals surface area contributed by atoms with E-state index in [9.17, 15) is 9.59 Å². The van der Waals surface area contributed by atoms with Gasteiger partial charge in [0.15, 0.2) is 5.78 Å². The molecule has 0 saturated heterocycles. The van der Waals surface area contributed by atoms with Crippen molar-refractivity contribution < 1.29 is 9.59 Å². The highest BCUT2D eigenvalue weighted by molar-refractivity contribution is 9.10. The summed E-state index contributed by atoms with van der Waals surface area (Å²) in [6.07, 6.45) is 2.69. The van der Waals surface area contributed by atoms with Gasteiger partial charge in [-0.25, -0.2) is 0 Å². The van der Waals surface area contributed by atoms with Crippen molar-refractivity contribution in [2.75, 3.05) is 0 Å². The van der Waals surface area contributed by atoms with Gasteiger partial charge >= 0.3 is 0 Å². The zero-order chi connectivity index (χ0) is 19.6. The average molecular weight is 428 g/mol. The maximum absolute atomic E-state index is 13.2. The number of fused-ring (bicyclic) bond motifs is 1. The molecule has 0 radical (unpaired) electrons. The first-order chi connectivity index (χ1) is 12.6. The summed E-state index contributed by atoms with van der Waals surface area (Å²) >= 11 is 3.49. The minimum Gasteiger partial charge on any atom is -0.299 e. The predicted octanol–water partition coefficient (Wildman–Crippen LogP) is 5.64. The SMILES string of the molecule is CC1(C)CC(=O)C2C(=NC3=C(C(=O)CC(C)(C)C3)[C@@H]2c2ccc(Br)cc2)C1. The predicted molar refractivity (Wildman–Crippen MR) is 111 cm³/mol. The Labute approximate surface area is 169 Å². The number of hydrogen-bond donors (Lipinski definition) is 0. The quantitative estimate of drug-likeness (QED) is 0.582. The van der Waals surface area contributed by atoms with Crippen LogP contribution in [0.3, 0.4) is 0 Å². The van der Waals surface area contributed by atoms with E-state index in [0.29, 0.717) is 12.8 Å². The lowest BCUT2D eigenvalue weighted by atomic mass is 9.60. The molecule has 142 valence electrons. The molecular weight excluding hydrogens is 402 g/mol. The second-order valence-electron chi connectivity index (χ2n) is 9.90. The van der Waals surface area contributed by atoms with E-state index in [4.69, 9.17) is 4.99 Å². The molecule has 1 saturated carbocycles. The third kappa shape index (κ3) is 3.37. The summed E-state index contributed by atoms with van der Waals surface area (Å²) in [5.74, 6) is -0.0902. The molecule has 1 fully saturated rings. The number of carbonyl (C=O) groups excluding carboxylic acids is 2. The topological polar surface area (TPSA) is 46.5 Å². The van der Waals surface area contributed by atoms with E-state index in [0.717, 1.165) is 39.9 Å². The number of hydrogen-bond acceptors (Lipinski definition) is 3. The Kier molecular flexibility index (Phi) is 4.34. The summed E-state index contributed by atoms with van der Waals surface area (Å²) in [5.41, 5.74) is 3.59. The molecule has 3 aliphatic rings. The summed E-state index contributed by atoms with van der Waals surface area (Å²) in [6, 6.07) is 8.08. The number of halogens is 1. The number of aliphatic imine (C=N–C) groups is 1. The van der Waals surface area contributed by atoms with E-state index < -0.39 is 0 Å². The van der Waals surface area contributed by atoms with Crippen molar-refractivity contribution in [3.05, 3.63) is 45.6 Å². The first-order valence-electron chi connectivity index (χ1n) is 9.68. The van der Waals surface area contributed by atoms with Crippen molar-refractivity contribution in [3.8, 4) is 0 Å². The van der Waals surface area contributed by atoms with Gasteiger partial charge in [-0.3, -0.25) is 14.6 Å². The Balaban J connectivity index is 1.90. The molecule has 0 spiro atoms. The normalized spacial score (nSPS) is 29.1. The molecule has 1 unspecified atom stereocenters. The van der Waals surface area contributed by atoms with E-state index in [1.165, 1.54) is 0 Å². The van der Waals surface area contributed by atoms with Crippen LogP contribution in [0.1, 0.15) is 64.9 Å². The van der Waals surface area contributed by atoms with Gasteiger partial charge in [0.25, 0.3) is 0 Å². The van der Waals surface area contributed by atoms with Crippen molar-refractivity contribution in [1.82, 2.24) is 0 Å². The van der Waals surface area contributed by atoms with Crippen LogP contribution in [0.5, 0.6) is 0 Å². The molecule has 0 aromatic heterocycles. The van der Waals surface area contributed by atoms with Crippen LogP contribution >= 0.6 is 15.9 Å². The van der Waals surface area contributed by atoms with E-state index in [2.05, 4.69) is 43.6 Å². The summed E-state index contributed by atoms with van der Waals surface area (Å²) in [5, 5.41) is 0. The molecule has 2 aliphatic carbocycles. The Morgan fingerprint density at radius 2 is 1.52 bits per heavy atom. The zero-order valence-corrected chi connectivity index (χ0v) is 18.0. The van der Waals surface area contributed by atoms with Crippen LogP contribution in [0, 0.1) is 16.7 Å². The van der Waals surface area contributed by atoms with E-state index >= 15 is 0 Å². The minimum atomic E-state index is -0.289. The fourth-order valence-electron chi connectivity index (χ4n) is 5.04. The highest BCUT2D eigenvalue weighted by atomic mass is 79.9. The third-order valence-corrected chi connectivity index (χ3v) is 6.60. The first kappa shape index (κ1) is 18.8. The highest BCUT2D eigenvalue weighted by Gasteiger charge is 2.49. The van der Waals surface area contributed by atoms with Crippen molar-refractivity contribution >= 4 is 33.2 Å². The summed E-state index contributed by atoms with van der Waals surface area (Å²) < 4.78 is 0.998. The maximum atomic E-state index is 13.2. The Morgan fingerprint density at radius 1 is 0.889 bits per heavy atom. The third-order valence-electron chi connectivity index (χ3n) is 6.07. The van der Waals surface area contributed by atoms with Gasteiger partial charge in [-0.15, -0.1) is 0 Å². The smallest absolute Gasteiger partial charge is 0.161 e. The molecule has 2 atom stereocenters. The van der Waals surface area contributed by atoms with Gasteiger partial charge in [-0.1, -0.05) is 55.8 Å². The highest BCUT2D eigenvalue weighted by Crippen LogP contribution is 2.51. The van der Waals surface area contributed by atoms with E-state index in [-0.39, 0.29) is 34.2 Å². The van der Waals surface area contributed by atoms with Crippen LogP contribution < -0.4 is 0 Å². The molecule has 0 bridgehead atoms. The largest absolute Gasteiger partial charge is 0.299 e. The van der Waals surface area contributed by atoms with Gasteiger partial charge in [0.1, 0.15) is 5.78 Å². The van der Waals surface area contributed by atoms with Crippen LogP contribution in [0.4, 0.5) is 0 Å². The number of rotatable bonds is 1. The van der Waals surface area contributed by atoms with Gasteiger partial charge in [-0.2, -0.15) is 0 Å². The summed E-state index contributed by atoms with van der Waals surface area (Å²) in [7, 11) is 0. The van der Waals surface area contributed by atoms with E-state index in [1.54, 1.807) is 0 Å². The molecule has 0 N–H and O–H groups in total. The molecule has 4 rings (SSSR count). The Morgan fingerprint density at radius 3 is 2.19 bits per heavy atom. The van der Waals surface area contributed by atoms with Gasteiger partial charge in [-0.05, 0) is 41.4 Å². The van der Waals surface area contributed by atoms with Crippen molar-refractivity contribution in [2.24, 2.45) is 21.7 Å². The van der Waals surface area contributed by atoms with Crippen molar-refractivity contribution in [1.29, 1.82) is 0 Å². The fraction of sp³-hybridized carbons (Fsp3) is 0.522. The van der Waals surface area contributed by atoms with Crippen LogP contribution in [-0.4, -0.2) is 17.3 Å². The summed E-state index contributed by atoms with van der Waals surface area (Å²) in [4.78, 5) is 31.3. The molecule has 1 heterocycles. The number of nitrogens with zero attached hydrogens (tertiary/aromatic N) is 1. The standard InChI is InChI=1S/C23H26BrNO2/c1-22(2)9-15-20(17(26)11-22)19(13-5-7-14(24)8-6-13)21-16(25-15)10-23(3,4)12-18(21)27/h5-8,19-20H,9-12H2,1-4H3/t19-,20?/m1/s1. The van der Waals surface area contributed by atoms with Crippen LogP contribution in [0.25, 0.3) is 0 Å². The molecule has 0 amide bonds. The number of Topliss-reactive ketones (excluding diaryl/α,β-unsaturated/α-hetero) is 2. The minimum absolute atomic E-state index is 0.0665. The first-order valence-corrected chi connectivity index (χ1v) is 10.5. The Bertz CT molecular complexity index is 889. The van der Waals surface area contributed by atoms with Crippen molar-refractivity contribution in [3.63, 3.8) is 0 Å². The number of benzene rings is 1. The molecule has 1 aromatic rings. The molecular formula is C23H26BrNO2. The summed E-state index contributed by atoms with van der Waals surface area (Å²) in [6.45, 7) is 8.54. The van der Waals surface area contributed by atoms with Crippen LogP contribution in [0.2, 0.25) is 0 Å². The van der Waals surface area contributed by atoms with Crippen LogP contribution in [0.15, 0.2) is 45.0 Å². The Hall–Kier alpha value is -1.55. The average Bonchev–Trinajstić information content (AvgIpc) is 2.51. The molecule has 27 heavy (non-hydrogen) atoms. The molecule has 3 nitrogen and oxygen atoms in total. The molecule has 1 aromatic carbocycles. The number of carbonyl (C=O) groups is 2. The van der Waals surface area contributed by atoms with Crippen LogP contribution in [-0.2, 0) is 9.59 Å². The monoisotopic (exact) mass is 427 g/mol. The maximum Gasteiger partial charge on any atom is 0.161 e. The molecule has 4 heteroatoms. The van der Waals surface area contributed by atoms with Gasteiger partial charge in [0.05, 0.1) is 5.92 Å². The van der Waals surface area contributed by atoms with Gasteiger partial charge in [0.2, 0.25) is 0 Å². The van der Waals surface area contributed by atoms with Gasteiger partial charge < -0.3 is 0 Å².